The summed E-state index contributed by atoms with van der Waals surface area (Å²) in [6, 6.07) is 0. The lowest BCUT2D eigenvalue weighted by Crippen LogP contribution is -2.32. The summed E-state index contributed by atoms with van der Waals surface area (Å²) in [5.74, 6) is 0.966. The molecule has 0 amide bonds. The maximum absolute atomic E-state index is 2.57. The van der Waals surface area contributed by atoms with Crippen molar-refractivity contribution < 1.29 is 0 Å². The van der Waals surface area contributed by atoms with Gasteiger partial charge in [0.2, 0.25) is 0 Å². The van der Waals surface area contributed by atoms with Crippen molar-refractivity contribution in [2.75, 3.05) is 0 Å². The molecular weight excluding hydrogens is 204 g/mol. The Bertz CT molecular complexity index is 350. The molecule has 3 rings (SSSR count). The van der Waals surface area contributed by atoms with Crippen molar-refractivity contribution in [3.05, 3.63) is 23.8 Å². The van der Waals surface area contributed by atoms with Gasteiger partial charge in [-0.05, 0) is 54.4 Å². The minimum Gasteiger partial charge on any atom is -0.0799 e. The van der Waals surface area contributed by atoms with E-state index >= 15 is 0 Å². The van der Waals surface area contributed by atoms with Crippen molar-refractivity contribution in [1.82, 2.24) is 0 Å². The standard InChI is InChI=1S/C17H26/c1-16(10-3-4-11-16)15-8-12-17(2,13-9-15)14-6-5-7-14/h8-9,12,14H,3-7,10-11,13H2,1-2H3. The molecule has 0 N–H and O–H groups in total. The van der Waals surface area contributed by atoms with Crippen molar-refractivity contribution in [2.24, 2.45) is 16.7 Å². The van der Waals surface area contributed by atoms with Gasteiger partial charge >= 0.3 is 0 Å². The molecule has 0 aromatic heterocycles. The van der Waals surface area contributed by atoms with Crippen LogP contribution in [0.2, 0.25) is 0 Å². The molecule has 0 radical (unpaired) electrons. The predicted octanol–water partition coefficient (Wildman–Crippen LogP) is 5.26. The van der Waals surface area contributed by atoms with Crippen molar-refractivity contribution in [3.63, 3.8) is 0 Å². The molecule has 0 aromatic carbocycles. The smallest absolute Gasteiger partial charge is 0.00785 e. The fourth-order valence-electron chi connectivity index (χ4n) is 4.01. The first kappa shape index (κ1) is 11.6. The fourth-order valence-corrected chi connectivity index (χ4v) is 4.01. The monoisotopic (exact) mass is 230 g/mol. The zero-order valence-corrected chi connectivity index (χ0v) is 11.5. The number of allylic oxidation sites excluding steroid dienone is 4. The molecule has 0 saturated heterocycles. The highest BCUT2D eigenvalue weighted by molar-refractivity contribution is 5.33. The summed E-state index contributed by atoms with van der Waals surface area (Å²) < 4.78 is 0. The molecule has 0 nitrogen and oxygen atoms in total. The van der Waals surface area contributed by atoms with Gasteiger partial charge in [-0.2, -0.15) is 0 Å². The summed E-state index contributed by atoms with van der Waals surface area (Å²) in [4.78, 5) is 0. The first-order valence-corrected chi connectivity index (χ1v) is 7.52. The van der Waals surface area contributed by atoms with E-state index in [1.54, 1.807) is 5.57 Å². The van der Waals surface area contributed by atoms with Crippen LogP contribution < -0.4 is 0 Å². The van der Waals surface area contributed by atoms with Gasteiger partial charge in [-0.1, -0.05) is 51.3 Å². The summed E-state index contributed by atoms with van der Waals surface area (Å²) in [7, 11) is 0. The minimum atomic E-state index is 0.483. The first-order valence-electron chi connectivity index (χ1n) is 7.52. The summed E-state index contributed by atoms with van der Waals surface area (Å²) in [6.07, 6.45) is 19.0. The third kappa shape index (κ3) is 1.90. The molecule has 0 bridgehead atoms. The SMILES string of the molecule is CC1(C2=CCC(C)(C3CCC3)C=C2)CCCC1. The third-order valence-corrected chi connectivity index (χ3v) is 5.85. The highest BCUT2D eigenvalue weighted by Crippen LogP contribution is 2.51. The van der Waals surface area contributed by atoms with E-state index < -0.39 is 0 Å². The van der Waals surface area contributed by atoms with Gasteiger partial charge in [-0.25, -0.2) is 0 Å². The van der Waals surface area contributed by atoms with Crippen LogP contribution in [-0.4, -0.2) is 0 Å². The quantitative estimate of drug-likeness (QED) is 0.607. The molecule has 0 spiro atoms. The normalized spacial score (nSPS) is 36.7. The summed E-state index contributed by atoms with van der Waals surface area (Å²) in [6.45, 7) is 4.94. The average molecular weight is 230 g/mol. The van der Waals surface area contributed by atoms with Gasteiger partial charge in [0.15, 0.2) is 0 Å². The Morgan fingerprint density at radius 3 is 2.24 bits per heavy atom. The Hall–Kier alpha value is -0.520. The van der Waals surface area contributed by atoms with E-state index in [1.807, 2.05) is 0 Å². The lowest BCUT2D eigenvalue weighted by Gasteiger charge is -2.43. The van der Waals surface area contributed by atoms with Gasteiger partial charge in [0.1, 0.15) is 0 Å². The van der Waals surface area contributed by atoms with E-state index in [2.05, 4.69) is 32.1 Å². The Kier molecular flexibility index (Phi) is 2.72. The van der Waals surface area contributed by atoms with Gasteiger partial charge in [0, 0.05) is 0 Å². The molecule has 0 heteroatoms. The van der Waals surface area contributed by atoms with Crippen LogP contribution in [0.25, 0.3) is 0 Å². The van der Waals surface area contributed by atoms with Crippen LogP contribution in [0, 0.1) is 16.7 Å². The average Bonchev–Trinajstić information content (AvgIpc) is 2.64. The van der Waals surface area contributed by atoms with Crippen molar-refractivity contribution in [1.29, 1.82) is 0 Å². The number of hydrogen-bond acceptors (Lipinski definition) is 0. The highest BCUT2D eigenvalue weighted by atomic mass is 14.4. The van der Waals surface area contributed by atoms with Gasteiger partial charge in [0.25, 0.3) is 0 Å². The zero-order valence-electron chi connectivity index (χ0n) is 11.5. The summed E-state index contributed by atoms with van der Waals surface area (Å²) in [5, 5.41) is 0. The molecular formula is C17H26. The van der Waals surface area contributed by atoms with Gasteiger partial charge in [-0.3, -0.25) is 0 Å². The second kappa shape index (κ2) is 4.00. The highest BCUT2D eigenvalue weighted by Gasteiger charge is 2.38. The van der Waals surface area contributed by atoms with E-state index in [1.165, 1.54) is 51.4 Å². The van der Waals surface area contributed by atoms with E-state index in [0.29, 0.717) is 10.8 Å². The second-order valence-electron chi connectivity index (χ2n) is 7.10. The molecule has 3 aliphatic rings. The summed E-state index contributed by atoms with van der Waals surface area (Å²) >= 11 is 0. The molecule has 0 heterocycles. The Morgan fingerprint density at radius 2 is 1.76 bits per heavy atom. The fraction of sp³-hybridized carbons (Fsp3) is 0.765. The molecule has 0 aromatic rings. The van der Waals surface area contributed by atoms with Gasteiger partial charge < -0.3 is 0 Å². The predicted molar refractivity (Wildman–Crippen MR) is 73.9 cm³/mol. The van der Waals surface area contributed by atoms with Crippen LogP contribution in [0.5, 0.6) is 0 Å². The van der Waals surface area contributed by atoms with E-state index in [9.17, 15) is 0 Å². The number of rotatable bonds is 2. The van der Waals surface area contributed by atoms with Crippen LogP contribution in [0.1, 0.15) is 65.2 Å². The van der Waals surface area contributed by atoms with Crippen molar-refractivity contribution in [2.45, 2.75) is 65.2 Å². The van der Waals surface area contributed by atoms with Crippen LogP contribution in [0.4, 0.5) is 0 Å². The first-order chi connectivity index (χ1) is 8.12. The third-order valence-electron chi connectivity index (χ3n) is 5.85. The maximum atomic E-state index is 2.57. The van der Waals surface area contributed by atoms with E-state index in [0.717, 1.165) is 5.92 Å². The Labute approximate surface area is 106 Å². The minimum absolute atomic E-state index is 0.483. The van der Waals surface area contributed by atoms with Gasteiger partial charge in [-0.15, -0.1) is 0 Å². The maximum Gasteiger partial charge on any atom is -0.00785 e. The molecule has 2 fully saturated rings. The number of hydrogen-bond donors (Lipinski definition) is 0. The Morgan fingerprint density at radius 1 is 1.06 bits per heavy atom. The van der Waals surface area contributed by atoms with Crippen LogP contribution in [-0.2, 0) is 0 Å². The molecule has 0 aliphatic heterocycles. The largest absolute Gasteiger partial charge is 0.0799 e. The van der Waals surface area contributed by atoms with Crippen LogP contribution in [0.15, 0.2) is 23.8 Å². The van der Waals surface area contributed by atoms with Crippen LogP contribution >= 0.6 is 0 Å². The molecule has 17 heavy (non-hydrogen) atoms. The molecule has 1 atom stereocenters. The van der Waals surface area contributed by atoms with E-state index in [4.69, 9.17) is 0 Å². The molecule has 3 aliphatic carbocycles. The lowest BCUT2D eigenvalue weighted by molar-refractivity contribution is 0.150. The van der Waals surface area contributed by atoms with E-state index in [-0.39, 0.29) is 0 Å². The summed E-state index contributed by atoms with van der Waals surface area (Å²) in [5.41, 5.74) is 2.64. The molecule has 2 saturated carbocycles. The second-order valence-corrected chi connectivity index (χ2v) is 7.10. The van der Waals surface area contributed by atoms with Gasteiger partial charge in [0.05, 0.1) is 0 Å². The Balaban J connectivity index is 1.73. The lowest BCUT2D eigenvalue weighted by atomic mass is 9.62. The topological polar surface area (TPSA) is 0 Å². The van der Waals surface area contributed by atoms with Crippen LogP contribution in [0.3, 0.4) is 0 Å². The zero-order chi connectivity index (χ0) is 11.9. The van der Waals surface area contributed by atoms with Crippen molar-refractivity contribution >= 4 is 0 Å². The molecule has 94 valence electrons. The van der Waals surface area contributed by atoms with Crippen molar-refractivity contribution in [3.8, 4) is 0 Å². The molecule has 1 unspecified atom stereocenters.